The smallest absolute Gasteiger partial charge is 0.108 e. The Labute approximate surface area is 60.1 Å². The molecule has 0 heterocycles. The molecule has 4 nitrogen and oxygen atoms in total. The van der Waals surface area contributed by atoms with Gasteiger partial charge in [0.2, 0.25) is 0 Å². The van der Waals surface area contributed by atoms with Crippen LogP contribution in [0.15, 0.2) is 0 Å². The van der Waals surface area contributed by atoms with Gasteiger partial charge in [0.25, 0.3) is 0 Å². The Bertz CT molecular complexity index is 83.8. The zero-order valence-corrected chi connectivity index (χ0v) is 6.19. The molecule has 0 aromatic rings. The van der Waals surface area contributed by atoms with Gasteiger partial charge in [0.1, 0.15) is 12.2 Å². The number of rotatable bonds is 4. The fourth-order valence-corrected chi connectivity index (χ4v) is 0.591. The van der Waals surface area contributed by atoms with Crippen molar-refractivity contribution in [2.45, 2.75) is 25.2 Å². The predicted octanol–water partition coefficient (Wildman–Crippen LogP) is -1.26. The fourth-order valence-electron chi connectivity index (χ4n) is 0.591. The van der Waals surface area contributed by atoms with Gasteiger partial charge in [0.05, 0.1) is 12.7 Å². The highest BCUT2D eigenvalue weighted by atomic mass is 16.5. The summed E-state index contributed by atoms with van der Waals surface area (Å²) >= 11 is 0. The van der Waals surface area contributed by atoms with Crippen LogP contribution < -0.4 is 0 Å². The molecule has 0 spiro atoms. The number of ether oxygens (including phenoxy) is 1. The monoisotopic (exact) mass is 150 g/mol. The molecular formula is C6H14O4. The van der Waals surface area contributed by atoms with Crippen molar-refractivity contribution in [2.75, 3.05) is 13.7 Å². The minimum Gasteiger partial charge on any atom is -0.391 e. The maximum Gasteiger partial charge on any atom is 0.108 e. The van der Waals surface area contributed by atoms with Crippen LogP contribution in [0.5, 0.6) is 0 Å². The molecule has 0 rings (SSSR count). The predicted molar refractivity (Wildman–Crippen MR) is 35.6 cm³/mol. The lowest BCUT2D eigenvalue weighted by Gasteiger charge is -2.18. The van der Waals surface area contributed by atoms with E-state index < -0.39 is 18.3 Å². The molecule has 0 saturated heterocycles. The molecule has 0 radical (unpaired) electrons. The Hall–Kier alpha value is -0.160. The Morgan fingerprint density at radius 2 is 1.80 bits per heavy atom. The van der Waals surface area contributed by atoms with Crippen molar-refractivity contribution in [3.63, 3.8) is 0 Å². The summed E-state index contributed by atoms with van der Waals surface area (Å²) in [5.74, 6) is 0. The first-order chi connectivity index (χ1) is 4.59. The number of aliphatic hydroxyl groups is 3. The standard InChI is InChI=1S/C6H14O4/c1-4(7)6(9)5(8)3-10-2/h4-9H,3H2,1-2H3/t4-,5?,6+/m1/s1. The molecule has 3 N–H and O–H groups in total. The highest BCUT2D eigenvalue weighted by molar-refractivity contribution is 4.70. The maximum absolute atomic E-state index is 8.95. The summed E-state index contributed by atoms with van der Waals surface area (Å²) in [5, 5.41) is 26.7. The van der Waals surface area contributed by atoms with Crippen molar-refractivity contribution in [1.29, 1.82) is 0 Å². The molecule has 0 fully saturated rings. The van der Waals surface area contributed by atoms with Crippen LogP contribution in [0.1, 0.15) is 6.92 Å². The molecule has 0 saturated carbocycles. The lowest BCUT2D eigenvalue weighted by atomic mass is 10.1. The molecule has 0 aliphatic rings. The van der Waals surface area contributed by atoms with Crippen LogP contribution in [0.4, 0.5) is 0 Å². The van der Waals surface area contributed by atoms with Crippen LogP contribution in [-0.4, -0.2) is 47.3 Å². The van der Waals surface area contributed by atoms with Crippen LogP contribution in [0.25, 0.3) is 0 Å². The van der Waals surface area contributed by atoms with E-state index in [-0.39, 0.29) is 6.61 Å². The highest BCUT2D eigenvalue weighted by Gasteiger charge is 2.20. The molecule has 0 aliphatic carbocycles. The van der Waals surface area contributed by atoms with E-state index >= 15 is 0 Å². The molecule has 0 aromatic heterocycles. The minimum atomic E-state index is -1.13. The first-order valence-corrected chi connectivity index (χ1v) is 3.12. The Morgan fingerprint density at radius 1 is 1.30 bits per heavy atom. The molecule has 10 heavy (non-hydrogen) atoms. The summed E-state index contributed by atoms with van der Waals surface area (Å²) < 4.78 is 4.55. The second kappa shape index (κ2) is 4.62. The lowest BCUT2D eigenvalue weighted by molar-refractivity contribution is -0.0761. The molecule has 3 atom stereocenters. The molecule has 62 valence electrons. The van der Waals surface area contributed by atoms with Gasteiger partial charge in [-0.3, -0.25) is 0 Å². The topological polar surface area (TPSA) is 69.9 Å². The van der Waals surface area contributed by atoms with E-state index in [1.807, 2.05) is 0 Å². The quantitative estimate of drug-likeness (QED) is 0.467. The Kier molecular flexibility index (Phi) is 4.55. The van der Waals surface area contributed by atoms with E-state index in [0.717, 1.165) is 0 Å². The summed E-state index contributed by atoms with van der Waals surface area (Å²) in [7, 11) is 1.41. The van der Waals surface area contributed by atoms with Crippen molar-refractivity contribution >= 4 is 0 Å². The van der Waals surface area contributed by atoms with E-state index in [1.165, 1.54) is 14.0 Å². The highest BCUT2D eigenvalue weighted by Crippen LogP contribution is 1.98. The summed E-state index contributed by atoms with van der Waals surface area (Å²) in [6.07, 6.45) is -3.06. The molecule has 0 bridgehead atoms. The zero-order chi connectivity index (χ0) is 8.15. The van der Waals surface area contributed by atoms with E-state index in [9.17, 15) is 0 Å². The number of methoxy groups -OCH3 is 1. The van der Waals surface area contributed by atoms with Crippen LogP contribution in [0.2, 0.25) is 0 Å². The number of hydrogen-bond donors (Lipinski definition) is 3. The molecule has 0 aromatic carbocycles. The van der Waals surface area contributed by atoms with E-state index in [4.69, 9.17) is 15.3 Å². The summed E-state index contributed by atoms with van der Waals surface area (Å²) in [5.41, 5.74) is 0. The first kappa shape index (κ1) is 9.84. The third-order valence-electron chi connectivity index (χ3n) is 1.23. The minimum absolute atomic E-state index is 0.0338. The van der Waals surface area contributed by atoms with Crippen molar-refractivity contribution < 1.29 is 20.1 Å². The fraction of sp³-hybridized carbons (Fsp3) is 1.00. The van der Waals surface area contributed by atoms with Gasteiger partial charge in [-0.05, 0) is 6.92 Å². The van der Waals surface area contributed by atoms with Gasteiger partial charge < -0.3 is 20.1 Å². The van der Waals surface area contributed by atoms with Crippen molar-refractivity contribution in [3.05, 3.63) is 0 Å². The van der Waals surface area contributed by atoms with Crippen LogP contribution in [0.3, 0.4) is 0 Å². The second-order valence-electron chi connectivity index (χ2n) is 2.25. The second-order valence-corrected chi connectivity index (χ2v) is 2.25. The van der Waals surface area contributed by atoms with Crippen molar-refractivity contribution in [2.24, 2.45) is 0 Å². The van der Waals surface area contributed by atoms with Gasteiger partial charge in [0.15, 0.2) is 0 Å². The normalized spacial score (nSPS) is 20.1. The van der Waals surface area contributed by atoms with Gasteiger partial charge >= 0.3 is 0 Å². The number of aliphatic hydroxyl groups excluding tert-OH is 3. The average Bonchev–Trinajstić information content (AvgIpc) is 1.87. The SMILES string of the molecule is COCC(O)[C@@H](O)[C@@H](C)O. The van der Waals surface area contributed by atoms with E-state index in [1.54, 1.807) is 0 Å². The van der Waals surface area contributed by atoms with E-state index in [0.29, 0.717) is 0 Å². The van der Waals surface area contributed by atoms with Crippen LogP contribution >= 0.6 is 0 Å². The van der Waals surface area contributed by atoms with Gasteiger partial charge in [0, 0.05) is 7.11 Å². The summed E-state index contributed by atoms with van der Waals surface area (Å²) in [6, 6.07) is 0. The third-order valence-corrected chi connectivity index (χ3v) is 1.23. The van der Waals surface area contributed by atoms with Crippen molar-refractivity contribution in [1.82, 2.24) is 0 Å². The summed E-state index contributed by atoms with van der Waals surface area (Å²) in [4.78, 5) is 0. The van der Waals surface area contributed by atoms with Gasteiger partial charge in [-0.2, -0.15) is 0 Å². The van der Waals surface area contributed by atoms with E-state index in [2.05, 4.69) is 4.74 Å². The molecule has 1 unspecified atom stereocenters. The molecule has 0 amide bonds. The molecule has 4 heteroatoms. The van der Waals surface area contributed by atoms with Gasteiger partial charge in [-0.15, -0.1) is 0 Å². The Balaban J connectivity index is 3.58. The largest absolute Gasteiger partial charge is 0.391 e. The lowest BCUT2D eigenvalue weighted by Crippen LogP contribution is -2.38. The molecular weight excluding hydrogens is 136 g/mol. The maximum atomic E-state index is 8.95. The van der Waals surface area contributed by atoms with Gasteiger partial charge in [-0.25, -0.2) is 0 Å². The van der Waals surface area contributed by atoms with Crippen LogP contribution in [0, 0.1) is 0 Å². The average molecular weight is 150 g/mol. The molecule has 0 aliphatic heterocycles. The third kappa shape index (κ3) is 3.12. The van der Waals surface area contributed by atoms with Crippen LogP contribution in [-0.2, 0) is 4.74 Å². The zero-order valence-electron chi connectivity index (χ0n) is 6.19. The first-order valence-electron chi connectivity index (χ1n) is 3.12. The Morgan fingerprint density at radius 3 is 2.10 bits per heavy atom. The van der Waals surface area contributed by atoms with Crippen molar-refractivity contribution in [3.8, 4) is 0 Å². The summed E-state index contributed by atoms with van der Waals surface area (Å²) in [6.45, 7) is 1.44. The van der Waals surface area contributed by atoms with Gasteiger partial charge in [-0.1, -0.05) is 0 Å². The number of hydrogen-bond acceptors (Lipinski definition) is 4.